The first-order valence-electron chi connectivity index (χ1n) is 16.6. The normalized spacial score (nSPS) is 13.0. The number of rotatable bonds is 11. The third-order valence-electron chi connectivity index (χ3n) is 8.13. The predicted molar refractivity (Wildman–Crippen MR) is 192 cm³/mol. The van der Waals surface area contributed by atoms with E-state index in [4.69, 9.17) is 4.74 Å². The molecule has 5 aromatic rings. The van der Waals surface area contributed by atoms with Crippen molar-refractivity contribution in [3.05, 3.63) is 114 Å². The van der Waals surface area contributed by atoms with E-state index in [0.717, 1.165) is 27.6 Å². The first kappa shape index (κ1) is 34.9. The Kier molecular flexibility index (Phi) is 10.6. The van der Waals surface area contributed by atoms with Gasteiger partial charge in [-0.15, -0.1) is 0 Å². The van der Waals surface area contributed by atoms with Gasteiger partial charge in [0.15, 0.2) is 0 Å². The molecule has 10 heteroatoms. The molecule has 10 nitrogen and oxygen atoms in total. The second kappa shape index (κ2) is 14.8. The van der Waals surface area contributed by atoms with Gasteiger partial charge in [-0.1, -0.05) is 93.6 Å². The van der Waals surface area contributed by atoms with Gasteiger partial charge in [-0.2, -0.15) is 0 Å². The number of nitrogens with zero attached hydrogens (tertiary/aromatic N) is 1. The standard InChI is InChI=1S/C39H46N6O4/c1-38(2,3)28-18-16-26(17-19-28)34-41-24-29(43-34)21-33(35(46)42-22-25-12-8-7-9-13-25)44-36(47)32(45-37(48)49-39(4,5)6)20-27-23-40-31-15-11-10-14-30(27)31/h7-19,23-24,32-33,40H,20-22H2,1-6H3,(H,41,43)(H,42,46)(H,44,47)(H,45,48)/t32-,33-/m0/s1. The van der Waals surface area contributed by atoms with Crippen molar-refractivity contribution in [2.45, 2.75) is 84.0 Å². The lowest BCUT2D eigenvalue weighted by Gasteiger charge is -2.25. The number of alkyl carbamates (subject to hydrolysis) is 1. The van der Waals surface area contributed by atoms with Crippen LogP contribution in [0.25, 0.3) is 22.3 Å². The van der Waals surface area contributed by atoms with Crippen molar-refractivity contribution in [2.24, 2.45) is 0 Å². The molecule has 0 unspecified atom stereocenters. The van der Waals surface area contributed by atoms with Gasteiger partial charge in [-0.3, -0.25) is 9.59 Å². The van der Waals surface area contributed by atoms with Gasteiger partial charge < -0.3 is 30.7 Å². The molecule has 0 radical (unpaired) electrons. The van der Waals surface area contributed by atoms with E-state index >= 15 is 0 Å². The van der Waals surface area contributed by atoms with Crippen LogP contribution in [0.15, 0.2) is 91.3 Å². The van der Waals surface area contributed by atoms with Gasteiger partial charge in [0.05, 0.1) is 0 Å². The number of fused-ring (bicyclic) bond motifs is 1. The summed E-state index contributed by atoms with van der Waals surface area (Å²) in [7, 11) is 0. The smallest absolute Gasteiger partial charge is 0.408 e. The number of amides is 3. The summed E-state index contributed by atoms with van der Waals surface area (Å²) >= 11 is 0. The number of H-pyrrole nitrogens is 2. The Labute approximate surface area is 287 Å². The van der Waals surface area contributed by atoms with Crippen molar-refractivity contribution in [1.29, 1.82) is 0 Å². The number of hydrogen-bond donors (Lipinski definition) is 5. The van der Waals surface area contributed by atoms with E-state index in [1.165, 1.54) is 5.56 Å². The van der Waals surface area contributed by atoms with E-state index in [1.54, 1.807) is 27.0 Å². The summed E-state index contributed by atoms with van der Waals surface area (Å²) in [4.78, 5) is 51.8. The average molecular weight is 663 g/mol. The van der Waals surface area contributed by atoms with Crippen LogP contribution in [0.2, 0.25) is 0 Å². The molecule has 3 amide bonds. The van der Waals surface area contributed by atoms with Crippen molar-refractivity contribution in [2.75, 3.05) is 0 Å². The third kappa shape index (κ3) is 9.59. The van der Waals surface area contributed by atoms with Crippen molar-refractivity contribution in [1.82, 2.24) is 30.9 Å². The highest BCUT2D eigenvalue weighted by Crippen LogP contribution is 2.25. The Balaban J connectivity index is 1.38. The molecule has 0 saturated heterocycles. The van der Waals surface area contributed by atoms with Gasteiger partial charge in [0, 0.05) is 53.9 Å². The molecule has 2 atom stereocenters. The van der Waals surface area contributed by atoms with E-state index in [9.17, 15) is 14.4 Å². The van der Waals surface area contributed by atoms with Crippen molar-refractivity contribution in [3.8, 4) is 11.4 Å². The highest BCUT2D eigenvalue weighted by Gasteiger charge is 2.30. The number of aromatic nitrogens is 3. The fourth-order valence-corrected chi connectivity index (χ4v) is 5.53. The molecule has 49 heavy (non-hydrogen) atoms. The molecule has 2 heterocycles. The Morgan fingerprint density at radius 2 is 1.47 bits per heavy atom. The topological polar surface area (TPSA) is 141 Å². The summed E-state index contributed by atoms with van der Waals surface area (Å²) in [6.45, 7) is 12.1. The van der Waals surface area contributed by atoms with Gasteiger partial charge >= 0.3 is 6.09 Å². The highest BCUT2D eigenvalue weighted by atomic mass is 16.6. The first-order valence-corrected chi connectivity index (χ1v) is 16.6. The fraction of sp³-hybridized carbons (Fsp3) is 0.333. The molecule has 0 aliphatic carbocycles. The van der Waals surface area contributed by atoms with Gasteiger partial charge in [0.25, 0.3) is 0 Å². The molecule has 0 aliphatic heterocycles. The average Bonchev–Trinajstić information content (AvgIpc) is 3.69. The zero-order chi connectivity index (χ0) is 35.2. The molecule has 0 spiro atoms. The third-order valence-corrected chi connectivity index (χ3v) is 8.13. The highest BCUT2D eigenvalue weighted by molar-refractivity contribution is 5.92. The van der Waals surface area contributed by atoms with Gasteiger partial charge in [-0.05, 0) is 48.9 Å². The summed E-state index contributed by atoms with van der Waals surface area (Å²) in [5.41, 5.74) is 4.72. The molecular formula is C39H46N6O4. The van der Waals surface area contributed by atoms with E-state index in [2.05, 4.69) is 63.8 Å². The number of para-hydroxylation sites is 1. The predicted octanol–water partition coefficient (Wildman–Crippen LogP) is 6.34. The van der Waals surface area contributed by atoms with Gasteiger partial charge in [0.2, 0.25) is 11.8 Å². The second-order valence-electron chi connectivity index (χ2n) is 14.3. The van der Waals surface area contributed by atoms with Crippen LogP contribution in [-0.2, 0) is 39.1 Å². The van der Waals surface area contributed by atoms with Crippen molar-refractivity contribution in [3.63, 3.8) is 0 Å². The summed E-state index contributed by atoms with van der Waals surface area (Å²) in [6, 6.07) is 23.5. The monoisotopic (exact) mass is 662 g/mol. The number of carbonyl (C=O) groups excluding carboxylic acids is 3. The summed E-state index contributed by atoms with van der Waals surface area (Å²) in [5, 5.41) is 9.56. The number of nitrogens with one attached hydrogen (secondary N) is 5. The van der Waals surface area contributed by atoms with Crippen LogP contribution in [-0.4, -0.2) is 50.5 Å². The van der Waals surface area contributed by atoms with E-state index < -0.39 is 29.7 Å². The summed E-state index contributed by atoms with van der Waals surface area (Å²) in [5.74, 6) is -0.228. The zero-order valence-corrected chi connectivity index (χ0v) is 29.0. The fourth-order valence-electron chi connectivity index (χ4n) is 5.53. The van der Waals surface area contributed by atoms with Crippen LogP contribution in [0.1, 0.15) is 63.9 Å². The molecule has 256 valence electrons. The lowest BCUT2D eigenvalue weighted by Crippen LogP contribution is -2.55. The zero-order valence-electron chi connectivity index (χ0n) is 29.0. The number of benzene rings is 3. The SMILES string of the molecule is CC(C)(C)OC(=O)N[C@@H](Cc1c[nH]c2ccccc12)C(=O)N[C@@H](Cc1cnc(-c2ccc(C(C)(C)C)cc2)[nH]1)C(=O)NCc1ccccc1. The van der Waals surface area contributed by atoms with Crippen LogP contribution >= 0.6 is 0 Å². The molecule has 5 rings (SSSR count). The van der Waals surface area contributed by atoms with E-state index in [0.29, 0.717) is 11.5 Å². The number of aromatic amines is 2. The van der Waals surface area contributed by atoms with Crippen LogP contribution in [0.3, 0.4) is 0 Å². The van der Waals surface area contributed by atoms with Crippen molar-refractivity contribution < 1.29 is 19.1 Å². The van der Waals surface area contributed by atoms with Crippen LogP contribution < -0.4 is 16.0 Å². The number of imidazole rings is 1. The minimum atomic E-state index is -1.03. The molecule has 0 fully saturated rings. The lowest BCUT2D eigenvalue weighted by atomic mass is 9.87. The molecule has 0 bridgehead atoms. The van der Waals surface area contributed by atoms with Crippen LogP contribution in [0.4, 0.5) is 4.79 Å². The largest absolute Gasteiger partial charge is 0.444 e. The Morgan fingerprint density at radius 3 is 2.16 bits per heavy atom. The van der Waals surface area contributed by atoms with Crippen LogP contribution in [0, 0.1) is 0 Å². The number of ether oxygens (including phenoxy) is 1. The molecular weight excluding hydrogens is 616 g/mol. The maximum absolute atomic E-state index is 14.0. The second-order valence-corrected chi connectivity index (χ2v) is 14.3. The summed E-state index contributed by atoms with van der Waals surface area (Å²) in [6.07, 6.45) is 3.09. The van der Waals surface area contributed by atoms with Crippen LogP contribution in [0.5, 0.6) is 0 Å². The maximum atomic E-state index is 14.0. The van der Waals surface area contributed by atoms with E-state index in [-0.39, 0.29) is 30.7 Å². The molecule has 0 saturated carbocycles. The molecule has 2 aromatic heterocycles. The van der Waals surface area contributed by atoms with Crippen molar-refractivity contribution >= 4 is 28.8 Å². The number of carbonyl (C=O) groups is 3. The molecule has 0 aliphatic rings. The first-order chi connectivity index (χ1) is 23.2. The minimum Gasteiger partial charge on any atom is -0.444 e. The Hall–Kier alpha value is -5.38. The Morgan fingerprint density at radius 1 is 0.796 bits per heavy atom. The minimum absolute atomic E-state index is 0.0236. The maximum Gasteiger partial charge on any atom is 0.408 e. The van der Waals surface area contributed by atoms with Gasteiger partial charge in [0.1, 0.15) is 23.5 Å². The molecule has 3 aromatic carbocycles. The number of hydrogen-bond acceptors (Lipinski definition) is 5. The Bertz CT molecular complexity index is 1880. The lowest BCUT2D eigenvalue weighted by molar-refractivity contribution is -0.130. The quantitative estimate of drug-likeness (QED) is 0.112. The van der Waals surface area contributed by atoms with Gasteiger partial charge in [-0.25, -0.2) is 9.78 Å². The summed E-state index contributed by atoms with van der Waals surface area (Å²) < 4.78 is 5.50. The van der Waals surface area contributed by atoms with E-state index in [1.807, 2.05) is 72.9 Å². The molecule has 5 N–H and O–H groups in total.